The highest BCUT2D eigenvalue weighted by atomic mass is 19.1. The quantitative estimate of drug-likeness (QED) is 0.423. The van der Waals surface area contributed by atoms with Crippen LogP contribution in [-0.4, -0.2) is 43.2 Å². The Morgan fingerprint density at radius 1 is 1.09 bits per heavy atom. The maximum absolute atomic E-state index is 13.4. The molecule has 1 N–H and O–H groups in total. The van der Waals surface area contributed by atoms with Crippen molar-refractivity contribution in [2.75, 3.05) is 7.05 Å². The Morgan fingerprint density at radius 3 is 2.57 bits per heavy atom. The van der Waals surface area contributed by atoms with Gasteiger partial charge in [-0.25, -0.2) is 9.07 Å². The summed E-state index contributed by atoms with van der Waals surface area (Å²) in [5, 5.41) is 13.6. The molecule has 1 aliphatic carbocycles. The molecule has 1 atom stereocenters. The third-order valence-corrected chi connectivity index (χ3v) is 7.25. The highest BCUT2D eigenvalue weighted by Crippen LogP contribution is 2.32. The van der Waals surface area contributed by atoms with E-state index in [0.29, 0.717) is 24.0 Å². The fourth-order valence-electron chi connectivity index (χ4n) is 5.22. The zero-order chi connectivity index (χ0) is 24.4. The van der Waals surface area contributed by atoms with E-state index in [1.54, 1.807) is 16.8 Å². The number of benzene rings is 2. The van der Waals surface area contributed by atoms with E-state index in [1.165, 1.54) is 37.0 Å². The summed E-state index contributed by atoms with van der Waals surface area (Å²) in [6.07, 6.45) is 6.68. The molecular formula is C27H31FN6O. The molecule has 8 heteroatoms. The van der Waals surface area contributed by atoms with Gasteiger partial charge in [0.2, 0.25) is 0 Å². The van der Waals surface area contributed by atoms with Gasteiger partial charge >= 0.3 is 0 Å². The van der Waals surface area contributed by atoms with Crippen LogP contribution in [0.25, 0.3) is 10.9 Å². The van der Waals surface area contributed by atoms with E-state index >= 15 is 0 Å². The Kier molecular flexibility index (Phi) is 6.72. The Labute approximate surface area is 204 Å². The number of nitrogens with one attached hydrogen (secondary N) is 1. The number of tetrazole rings is 1. The molecule has 0 saturated heterocycles. The average Bonchev–Trinajstić information content (AvgIpc) is 3.33. The molecule has 5 rings (SSSR count). The molecule has 0 radical (unpaired) electrons. The van der Waals surface area contributed by atoms with Crippen LogP contribution in [0.4, 0.5) is 4.39 Å². The van der Waals surface area contributed by atoms with Crippen molar-refractivity contribution in [1.29, 1.82) is 0 Å². The summed E-state index contributed by atoms with van der Waals surface area (Å²) in [5.74, 6) is 0.327. The van der Waals surface area contributed by atoms with E-state index < -0.39 is 6.04 Å². The predicted octanol–water partition coefficient (Wildman–Crippen LogP) is 4.62. The third-order valence-electron chi connectivity index (χ3n) is 7.25. The monoisotopic (exact) mass is 474 g/mol. The van der Waals surface area contributed by atoms with Gasteiger partial charge in [0.25, 0.3) is 5.56 Å². The summed E-state index contributed by atoms with van der Waals surface area (Å²) in [6, 6.07) is 14.4. The van der Waals surface area contributed by atoms with Crippen molar-refractivity contribution in [2.45, 2.75) is 64.1 Å². The van der Waals surface area contributed by atoms with Crippen molar-refractivity contribution in [1.82, 2.24) is 30.1 Å². The first kappa shape index (κ1) is 23.4. The maximum atomic E-state index is 13.4. The summed E-state index contributed by atoms with van der Waals surface area (Å²) < 4.78 is 15.2. The van der Waals surface area contributed by atoms with Crippen LogP contribution >= 0.6 is 0 Å². The van der Waals surface area contributed by atoms with Crippen LogP contribution in [0.2, 0.25) is 0 Å². The summed E-state index contributed by atoms with van der Waals surface area (Å²) >= 11 is 0. The van der Waals surface area contributed by atoms with E-state index in [4.69, 9.17) is 0 Å². The van der Waals surface area contributed by atoms with E-state index in [-0.39, 0.29) is 11.4 Å². The third kappa shape index (κ3) is 4.89. The number of rotatable bonds is 7. The Bertz CT molecular complexity index is 1360. The van der Waals surface area contributed by atoms with Crippen LogP contribution in [0, 0.1) is 5.82 Å². The lowest BCUT2D eigenvalue weighted by atomic mass is 9.92. The van der Waals surface area contributed by atoms with Crippen molar-refractivity contribution < 1.29 is 4.39 Å². The molecule has 0 aliphatic heterocycles. The number of aryl methyl sites for hydroxylation is 1. The smallest absolute Gasteiger partial charge is 0.253 e. The SMILES string of the molecule is CCc1ccc2[nH]c(=O)c(C(c3nnnn3Cc3ccc(F)cc3)N(C)C3CCCCC3)cc2c1. The topological polar surface area (TPSA) is 79.7 Å². The standard InChI is InChI=1S/C27H31FN6O/c1-3-18-11-14-24-20(15-18)16-23(27(35)29-24)25(33(2)22-7-5-4-6-8-22)26-30-31-32-34(26)17-19-9-12-21(28)13-10-19/h9-16,22,25H,3-8,17H2,1-2H3,(H,29,35). The summed E-state index contributed by atoms with van der Waals surface area (Å²) in [7, 11) is 2.07. The van der Waals surface area contributed by atoms with Gasteiger partial charge in [-0.1, -0.05) is 44.4 Å². The molecular weight excluding hydrogens is 443 g/mol. The molecule has 1 saturated carbocycles. The summed E-state index contributed by atoms with van der Waals surface area (Å²) in [6.45, 7) is 2.51. The number of aromatic amines is 1. The highest BCUT2D eigenvalue weighted by Gasteiger charge is 2.33. The van der Waals surface area contributed by atoms with Crippen LogP contribution in [0.5, 0.6) is 0 Å². The molecule has 182 valence electrons. The van der Waals surface area contributed by atoms with Crippen LogP contribution in [0.15, 0.2) is 53.3 Å². The van der Waals surface area contributed by atoms with Crippen LogP contribution in [0.1, 0.15) is 67.6 Å². The van der Waals surface area contributed by atoms with Crippen molar-refractivity contribution in [3.63, 3.8) is 0 Å². The first-order valence-corrected chi connectivity index (χ1v) is 12.4. The van der Waals surface area contributed by atoms with Crippen molar-refractivity contribution in [2.24, 2.45) is 0 Å². The molecule has 0 amide bonds. The number of halogens is 1. The molecule has 1 aliphatic rings. The van der Waals surface area contributed by atoms with E-state index in [0.717, 1.165) is 35.7 Å². The number of hydrogen-bond acceptors (Lipinski definition) is 5. The molecule has 2 heterocycles. The van der Waals surface area contributed by atoms with Gasteiger partial charge in [-0.15, -0.1) is 5.10 Å². The molecule has 2 aromatic carbocycles. The first-order valence-electron chi connectivity index (χ1n) is 12.4. The largest absolute Gasteiger partial charge is 0.322 e. The molecule has 4 aromatic rings. The van der Waals surface area contributed by atoms with E-state index in [1.807, 2.05) is 18.2 Å². The molecule has 35 heavy (non-hydrogen) atoms. The number of nitrogens with zero attached hydrogens (tertiary/aromatic N) is 5. The number of hydrogen-bond donors (Lipinski definition) is 1. The fraction of sp³-hybridized carbons (Fsp3) is 0.407. The summed E-state index contributed by atoms with van der Waals surface area (Å²) in [5.41, 5.74) is 3.42. The molecule has 0 spiro atoms. The van der Waals surface area contributed by atoms with Gasteiger partial charge in [0, 0.05) is 17.1 Å². The summed E-state index contributed by atoms with van der Waals surface area (Å²) in [4.78, 5) is 18.8. The molecule has 1 unspecified atom stereocenters. The van der Waals surface area contributed by atoms with Gasteiger partial charge in [-0.05, 0) is 83.6 Å². The van der Waals surface area contributed by atoms with Crippen molar-refractivity contribution >= 4 is 10.9 Å². The molecule has 7 nitrogen and oxygen atoms in total. The van der Waals surface area contributed by atoms with Crippen molar-refractivity contribution in [3.8, 4) is 0 Å². The lowest BCUT2D eigenvalue weighted by Crippen LogP contribution is -2.40. The van der Waals surface area contributed by atoms with Crippen molar-refractivity contribution in [3.05, 3.63) is 87.2 Å². The fourth-order valence-corrected chi connectivity index (χ4v) is 5.22. The lowest BCUT2D eigenvalue weighted by Gasteiger charge is -2.36. The minimum absolute atomic E-state index is 0.134. The normalized spacial score (nSPS) is 15.7. The second-order valence-corrected chi connectivity index (χ2v) is 9.51. The number of aromatic nitrogens is 5. The van der Waals surface area contributed by atoms with Gasteiger partial charge in [0.05, 0.1) is 6.54 Å². The average molecular weight is 475 g/mol. The molecule has 2 aromatic heterocycles. The first-order chi connectivity index (χ1) is 17.0. The Balaban J connectivity index is 1.61. The van der Waals surface area contributed by atoms with Crippen LogP contribution in [0.3, 0.4) is 0 Å². The number of H-pyrrole nitrogens is 1. The van der Waals surface area contributed by atoms with Crippen LogP contribution < -0.4 is 5.56 Å². The molecule has 1 fully saturated rings. The molecule has 0 bridgehead atoms. The second-order valence-electron chi connectivity index (χ2n) is 9.51. The Morgan fingerprint density at radius 2 is 1.83 bits per heavy atom. The maximum Gasteiger partial charge on any atom is 0.253 e. The Hall–Kier alpha value is -3.39. The van der Waals surface area contributed by atoms with Gasteiger partial charge < -0.3 is 4.98 Å². The van der Waals surface area contributed by atoms with E-state index in [2.05, 4.69) is 45.4 Å². The van der Waals surface area contributed by atoms with E-state index in [9.17, 15) is 9.18 Å². The highest BCUT2D eigenvalue weighted by molar-refractivity contribution is 5.80. The van der Waals surface area contributed by atoms with Gasteiger partial charge in [-0.2, -0.15) is 0 Å². The number of pyridine rings is 1. The number of fused-ring (bicyclic) bond motifs is 1. The predicted molar refractivity (Wildman–Crippen MR) is 134 cm³/mol. The zero-order valence-electron chi connectivity index (χ0n) is 20.2. The van der Waals surface area contributed by atoms with Gasteiger partial charge in [0.1, 0.15) is 11.9 Å². The van der Waals surface area contributed by atoms with Gasteiger partial charge in [-0.3, -0.25) is 9.69 Å². The minimum Gasteiger partial charge on any atom is -0.322 e. The lowest BCUT2D eigenvalue weighted by molar-refractivity contribution is 0.149. The van der Waals surface area contributed by atoms with Crippen LogP contribution in [-0.2, 0) is 13.0 Å². The van der Waals surface area contributed by atoms with Gasteiger partial charge in [0.15, 0.2) is 5.82 Å². The second kappa shape index (κ2) is 10.1. The zero-order valence-corrected chi connectivity index (χ0v) is 20.2. The minimum atomic E-state index is -0.410.